The third-order valence-corrected chi connectivity index (χ3v) is 2.63. The molecule has 1 aromatic rings. The van der Waals surface area contributed by atoms with E-state index in [1.54, 1.807) is 12.4 Å². The highest BCUT2D eigenvalue weighted by Gasteiger charge is 2.33. The van der Waals surface area contributed by atoms with Gasteiger partial charge < -0.3 is 10.1 Å². The van der Waals surface area contributed by atoms with Crippen molar-refractivity contribution in [3.8, 4) is 0 Å². The summed E-state index contributed by atoms with van der Waals surface area (Å²) in [6, 6.07) is 0.0951. The van der Waals surface area contributed by atoms with Crippen LogP contribution in [0.2, 0.25) is 0 Å². The highest BCUT2D eigenvalue weighted by atomic mass is 16.5. The largest absolute Gasteiger partial charge is 0.379 e. The lowest BCUT2D eigenvalue weighted by Crippen LogP contribution is -2.37. The van der Waals surface area contributed by atoms with Crippen LogP contribution in [-0.4, -0.2) is 42.1 Å². The second kappa shape index (κ2) is 4.46. The summed E-state index contributed by atoms with van der Waals surface area (Å²) in [7, 11) is 1.83. The molecule has 1 fully saturated rings. The molecule has 1 N–H and O–H groups in total. The molecule has 5 nitrogen and oxygen atoms in total. The van der Waals surface area contributed by atoms with Gasteiger partial charge in [0, 0.05) is 18.4 Å². The smallest absolute Gasteiger partial charge is 0.173 e. The van der Waals surface area contributed by atoms with Gasteiger partial charge in [-0.15, -0.1) is 0 Å². The number of ether oxygens (including phenoxy) is 1. The molecule has 1 saturated heterocycles. The van der Waals surface area contributed by atoms with E-state index in [-0.39, 0.29) is 17.7 Å². The Labute approximate surface area is 87.9 Å². The lowest BCUT2D eigenvalue weighted by molar-refractivity contribution is 0.0891. The van der Waals surface area contributed by atoms with Crippen LogP contribution in [-0.2, 0) is 4.74 Å². The Bertz CT molecular complexity index is 342. The first-order valence-electron chi connectivity index (χ1n) is 4.87. The Hall–Kier alpha value is -1.33. The number of hydrogen-bond acceptors (Lipinski definition) is 5. The van der Waals surface area contributed by atoms with Crippen molar-refractivity contribution < 1.29 is 9.53 Å². The van der Waals surface area contributed by atoms with Gasteiger partial charge in [-0.3, -0.25) is 4.79 Å². The monoisotopic (exact) mass is 207 g/mol. The molecular formula is C10H13N3O2. The SMILES string of the molecule is CNC1COCC1C(=O)c1cncnc1. The molecule has 0 amide bonds. The molecule has 0 bridgehead atoms. The highest BCUT2D eigenvalue weighted by Crippen LogP contribution is 2.18. The van der Waals surface area contributed by atoms with Crippen molar-refractivity contribution in [2.75, 3.05) is 20.3 Å². The molecule has 0 aliphatic carbocycles. The molecule has 15 heavy (non-hydrogen) atoms. The van der Waals surface area contributed by atoms with E-state index in [9.17, 15) is 4.79 Å². The van der Waals surface area contributed by atoms with Crippen LogP contribution in [0.25, 0.3) is 0 Å². The fraction of sp³-hybridized carbons (Fsp3) is 0.500. The van der Waals surface area contributed by atoms with E-state index < -0.39 is 0 Å². The second-order valence-electron chi connectivity index (χ2n) is 3.53. The maximum atomic E-state index is 12.0. The van der Waals surface area contributed by atoms with Crippen LogP contribution in [0.15, 0.2) is 18.7 Å². The van der Waals surface area contributed by atoms with E-state index >= 15 is 0 Å². The van der Waals surface area contributed by atoms with Crippen LogP contribution in [0, 0.1) is 5.92 Å². The maximum absolute atomic E-state index is 12.0. The predicted octanol–water partition coefficient (Wildman–Crippen LogP) is -0.106. The molecule has 80 valence electrons. The molecule has 2 atom stereocenters. The van der Waals surface area contributed by atoms with E-state index in [1.807, 2.05) is 7.05 Å². The van der Waals surface area contributed by atoms with Crippen molar-refractivity contribution in [1.29, 1.82) is 0 Å². The van der Waals surface area contributed by atoms with E-state index in [2.05, 4.69) is 15.3 Å². The maximum Gasteiger partial charge on any atom is 0.173 e. The molecule has 1 aromatic heterocycles. The van der Waals surface area contributed by atoms with Crippen molar-refractivity contribution in [3.63, 3.8) is 0 Å². The molecular weight excluding hydrogens is 194 g/mol. The Balaban J connectivity index is 2.14. The molecule has 1 aliphatic rings. The van der Waals surface area contributed by atoms with Crippen molar-refractivity contribution in [2.24, 2.45) is 5.92 Å². The zero-order valence-corrected chi connectivity index (χ0v) is 8.51. The number of rotatable bonds is 3. The van der Waals surface area contributed by atoms with Gasteiger partial charge >= 0.3 is 0 Å². The molecule has 2 heterocycles. The Kier molecular flexibility index (Phi) is 3.03. The van der Waals surface area contributed by atoms with Crippen LogP contribution in [0.4, 0.5) is 0 Å². The number of carbonyl (C=O) groups excluding carboxylic acids is 1. The van der Waals surface area contributed by atoms with Gasteiger partial charge in [0.05, 0.1) is 24.7 Å². The molecule has 5 heteroatoms. The summed E-state index contributed by atoms with van der Waals surface area (Å²) in [6.45, 7) is 1.06. The fourth-order valence-corrected chi connectivity index (χ4v) is 1.74. The first-order valence-corrected chi connectivity index (χ1v) is 4.87. The summed E-state index contributed by atoms with van der Waals surface area (Å²) >= 11 is 0. The van der Waals surface area contributed by atoms with Gasteiger partial charge in [0.15, 0.2) is 5.78 Å². The lowest BCUT2D eigenvalue weighted by atomic mass is 9.95. The number of aromatic nitrogens is 2. The number of ketones is 1. The summed E-state index contributed by atoms with van der Waals surface area (Å²) < 4.78 is 5.28. The third kappa shape index (κ3) is 2.03. The molecule has 0 spiro atoms. The Morgan fingerprint density at radius 1 is 1.47 bits per heavy atom. The Morgan fingerprint density at radius 3 is 2.87 bits per heavy atom. The van der Waals surface area contributed by atoms with Crippen molar-refractivity contribution in [2.45, 2.75) is 6.04 Å². The fourth-order valence-electron chi connectivity index (χ4n) is 1.74. The van der Waals surface area contributed by atoms with Crippen LogP contribution in [0.5, 0.6) is 0 Å². The first kappa shape index (κ1) is 10.2. The van der Waals surface area contributed by atoms with Crippen LogP contribution >= 0.6 is 0 Å². The number of hydrogen-bond donors (Lipinski definition) is 1. The minimum Gasteiger partial charge on any atom is -0.379 e. The van der Waals surface area contributed by atoms with Gasteiger partial charge in [0.2, 0.25) is 0 Å². The van der Waals surface area contributed by atoms with Gasteiger partial charge in [-0.05, 0) is 7.05 Å². The molecule has 1 aliphatic heterocycles. The topological polar surface area (TPSA) is 64.1 Å². The summed E-state index contributed by atoms with van der Waals surface area (Å²) in [5.74, 6) is -0.0755. The van der Waals surface area contributed by atoms with E-state index in [0.717, 1.165) is 0 Å². The van der Waals surface area contributed by atoms with Crippen molar-refractivity contribution >= 4 is 5.78 Å². The number of nitrogens with zero attached hydrogens (tertiary/aromatic N) is 2. The van der Waals surface area contributed by atoms with Gasteiger partial charge in [-0.2, -0.15) is 0 Å². The summed E-state index contributed by atoms with van der Waals surface area (Å²) in [6.07, 6.45) is 4.50. The van der Waals surface area contributed by atoms with Crippen molar-refractivity contribution in [1.82, 2.24) is 15.3 Å². The highest BCUT2D eigenvalue weighted by molar-refractivity contribution is 5.98. The van der Waals surface area contributed by atoms with E-state index in [4.69, 9.17) is 4.74 Å². The minimum absolute atomic E-state index is 0.0486. The van der Waals surface area contributed by atoms with Crippen LogP contribution < -0.4 is 5.32 Å². The van der Waals surface area contributed by atoms with Gasteiger partial charge in [-0.25, -0.2) is 9.97 Å². The number of Topliss-reactive ketones (excluding diaryl/α,β-unsaturated/α-hetero) is 1. The zero-order valence-electron chi connectivity index (χ0n) is 8.51. The van der Waals surface area contributed by atoms with Crippen LogP contribution in [0.3, 0.4) is 0 Å². The van der Waals surface area contributed by atoms with Gasteiger partial charge in [0.1, 0.15) is 6.33 Å². The van der Waals surface area contributed by atoms with E-state index in [0.29, 0.717) is 18.8 Å². The van der Waals surface area contributed by atoms with E-state index in [1.165, 1.54) is 6.33 Å². The van der Waals surface area contributed by atoms with Gasteiger partial charge in [0.25, 0.3) is 0 Å². The predicted molar refractivity (Wildman–Crippen MR) is 53.5 cm³/mol. The molecule has 0 saturated carbocycles. The minimum atomic E-state index is -0.124. The zero-order chi connectivity index (χ0) is 10.7. The van der Waals surface area contributed by atoms with Gasteiger partial charge in [-0.1, -0.05) is 0 Å². The average Bonchev–Trinajstić information content (AvgIpc) is 2.77. The summed E-state index contributed by atoms with van der Waals surface area (Å²) in [5, 5.41) is 3.08. The quantitative estimate of drug-likeness (QED) is 0.701. The molecule has 2 rings (SSSR count). The standard InChI is InChI=1S/C10H13N3O2/c1-11-9-5-15-4-8(9)10(14)7-2-12-6-13-3-7/h2-3,6,8-9,11H,4-5H2,1H3. The molecule has 0 aromatic carbocycles. The first-order chi connectivity index (χ1) is 7.33. The summed E-state index contributed by atoms with van der Waals surface area (Å²) in [5.41, 5.74) is 0.549. The molecule has 0 radical (unpaired) electrons. The molecule has 2 unspecified atom stereocenters. The van der Waals surface area contributed by atoms with Crippen molar-refractivity contribution in [3.05, 3.63) is 24.3 Å². The number of likely N-dealkylation sites (N-methyl/N-ethyl adjacent to an activating group) is 1. The average molecular weight is 207 g/mol. The summed E-state index contributed by atoms with van der Waals surface area (Å²) in [4.78, 5) is 19.7. The Morgan fingerprint density at radius 2 is 2.20 bits per heavy atom. The number of carbonyl (C=O) groups is 1. The second-order valence-corrected chi connectivity index (χ2v) is 3.53. The third-order valence-electron chi connectivity index (χ3n) is 2.63. The number of nitrogens with one attached hydrogen (secondary N) is 1. The normalized spacial score (nSPS) is 25.4. The van der Waals surface area contributed by atoms with Crippen LogP contribution in [0.1, 0.15) is 10.4 Å². The lowest BCUT2D eigenvalue weighted by Gasteiger charge is -2.14.